The van der Waals surface area contributed by atoms with Gasteiger partial charge in [-0.15, -0.1) is 0 Å². The standard InChI is InChI=1S/C10H10O2S/c1-2-12-10-4-8-6-13-5-7(8)3-9(10)11-1/h3-4H,1-2,5-6H2. The third-order valence-corrected chi connectivity index (χ3v) is 3.41. The van der Waals surface area contributed by atoms with Gasteiger partial charge in [0.25, 0.3) is 0 Å². The number of hydrogen-bond donors (Lipinski definition) is 0. The molecular weight excluding hydrogens is 184 g/mol. The second-order valence-electron chi connectivity index (χ2n) is 3.26. The zero-order valence-corrected chi connectivity index (χ0v) is 8.02. The van der Waals surface area contributed by atoms with Gasteiger partial charge in [0.15, 0.2) is 11.5 Å². The van der Waals surface area contributed by atoms with Gasteiger partial charge in [-0.2, -0.15) is 11.8 Å². The van der Waals surface area contributed by atoms with Crippen LogP contribution in [0.2, 0.25) is 0 Å². The molecule has 1 aromatic rings. The van der Waals surface area contributed by atoms with Crippen LogP contribution in [0.25, 0.3) is 0 Å². The summed E-state index contributed by atoms with van der Waals surface area (Å²) in [6, 6.07) is 4.26. The van der Waals surface area contributed by atoms with Crippen LogP contribution in [-0.4, -0.2) is 13.2 Å². The van der Waals surface area contributed by atoms with Gasteiger partial charge in [0, 0.05) is 11.5 Å². The maximum atomic E-state index is 5.51. The van der Waals surface area contributed by atoms with Gasteiger partial charge in [-0.05, 0) is 23.3 Å². The van der Waals surface area contributed by atoms with Crippen molar-refractivity contribution in [3.8, 4) is 11.5 Å². The van der Waals surface area contributed by atoms with E-state index in [0.717, 1.165) is 23.0 Å². The molecule has 0 radical (unpaired) electrons. The van der Waals surface area contributed by atoms with Gasteiger partial charge in [-0.3, -0.25) is 0 Å². The summed E-state index contributed by atoms with van der Waals surface area (Å²) in [4.78, 5) is 0. The SMILES string of the molecule is c1c2c(cc3c1OCCO3)CSC2. The molecule has 3 heteroatoms. The Balaban J connectivity index is 2.11. The minimum atomic E-state index is 0.679. The number of rotatable bonds is 0. The lowest BCUT2D eigenvalue weighted by molar-refractivity contribution is 0.171. The quantitative estimate of drug-likeness (QED) is 0.631. The van der Waals surface area contributed by atoms with Crippen LogP contribution >= 0.6 is 11.8 Å². The number of thioether (sulfide) groups is 1. The molecule has 2 aliphatic rings. The van der Waals surface area contributed by atoms with Gasteiger partial charge in [-0.25, -0.2) is 0 Å². The first-order valence-corrected chi connectivity index (χ1v) is 5.58. The third kappa shape index (κ3) is 1.18. The summed E-state index contributed by atoms with van der Waals surface area (Å²) < 4.78 is 11.0. The van der Waals surface area contributed by atoms with Gasteiger partial charge >= 0.3 is 0 Å². The van der Waals surface area contributed by atoms with Crippen molar-refractivity contribution in [2.75, 3.05) is 13.2 Å². The van der Waals surface area contributed by atoms with Crippen LogP contribution in [-0.2, 0) is 11.5 Å². The molecule has 0 fully saturated rings. The van der Waals surface area contributed by atoms with Gasteiger partial charge in [-0.1, -0.05) is 0 Å². The Morgan fingerprint density at radius 3 is 2.00 bits per heavy atom. The molecule has 2 heterocycles. The van der Waals surface area contributed by atoms with E-state index in [1.54, 1.807) is 0 Å². The predicted octanol–water partition coefficient (Wildman–Crippen LogP) is 2.20. The maximum Gasteiger partial charge on any atom is 0.161 e. The summed E-state index contributed by atoms with van der Waals surface area (Å²) in [7, 11) is 0. The highest BCUT2D eigenvalue weighted by molar-refractivity contribution is 7.98. The summed E-state index contributed by atoms with van der Waals surface area (Å²) in [5.74, 6) is 4.08. The third-order valence-electron chi connectivity index (χ3n) is 2.38. The van der Waals surface area contributed by atoms with E-state index in [1.165, 1.54) is 11.1 Å². The summed E-state index contributed by atoms with van der Waals surface area (Å²) >= 11 is 1.95. The van der Waals surface area contributed by atoms with Crippen LogP contribution < -0.4 is 9.47 Å². The lowest BCUT2D eigenvalue weighted by Crippen LogP contribution is -2.15. The van der Waals surface area contributed by atoms with Crippen LogP contribution in [0.1, 0.15) is 11.1 Å². The fourth-order valence-corrected chi connectivity index (χ4v) is 2.79. The fourth-order valence-electron chi connectivity index (χ4n) is 1.71. The molecule has 68 valence electrons. The highest BCUT2D eigenvalue weighted by atomic mass is 32.2. The molecule has 0 spiro atoms. The van der Waals surface area contributed by atoms with Gasteiger partial charge in [0.05, 0.1) is 0 Å². The van der Waals surface area contributed by atoms with E-state index in [9.17, 15) is 0 Å². The predicted molar refractivity (Wildman–Crippen MR) is 52.4 cm³/mol. The molecular formula is C10H10O2S. The topological polar surface area (TPSA) is 18.5 Å². The van der Waals surface area contributed by atoms with Crippen molar-refractivity contribution in [2.45, 2.75) is 11.5 Å². The van der Waals surface area contributed by atoms with Gasteiger partial charge < -0.3 is 9.47 Å². The van der Waals surface area contributed by atoms with E-state index in [0.29, 0.717) is 13.2 Å². The lowest BCUT2D eigenvalue weighted by Gasteiger charge is -2.19. The molecule has 0 bridgehead atoms. The van der Waals surface area contributed by atoms with Crippen molar-refractivity contribution in [3.63, 3.8) is 0 Å². The Hall–Kier alpha value is -0.830. The molecule has 0 aromatic heterocycles. The van der Waals surface area contributed by atoms with Gasteiger partial charge in [0.2, 0.25) is 0 Å². The molecule has 1 aromatic carbocycles. The van der Waals surface area contributed by atoms with Crippen molar-refractivity contribution in [1.29, 1.82) is 0 Å². The maximum absolute atomic E-state index is 5.51. The smallest absolute Gasteiger partial charge is 0.161 e. The molecule has 0 saturated heterocycles. The second-order valence-corrected chi connectivity index (χ2v) is 4.24. The summed E-state index contributed by atoms with van der Waals surface area (Å²) in [5.41, 5.74) is 2.82. The summed E-state index contributed by atoms with van der Waals surface area (Å²) in [5, 5.41) is 0. The molecule has 2 nitrogen and oxygen atoms in total. The normalized spacial score (nSPS) is 18.5. The molecule has 3 rings (SSSR count). The number of fused-ring (bicyclic) bond motifs is 2. The van der Waals surface area contributed by atoms with Crippen LogP contribution in [0, 0.1) is 0 Å². The highest BCUT2D eigenvalue weighted by Crippen LogP contribution is 2.39. The van der Waals surface area contributed by atoms with Crippen LogP contribution in [0.3, 0.4) is 0 Å². The largest absolute Gasteiger partial charge is 0.486 e. The molecule has 0 atom stereocenters. The van der Waals surface area contributed by atoms with Crippen LogP contribution in [0.5, 0.6) is 11.5 Å². The molecule has 0 amide bonds. The van der Waals surface area contributed by atoms with E-state index >= 15 is 0 Å². The van der Waals surface area contributed by atoms with E-state index < -0.39 is 0 Å². The molecule has 0 saturated carbocycles. The van der Waals surface area contributed by atoms with Crippen molar-refractivity contribution >= 4 is 11.8 Å². The minimum absolute atomic E-state index is 0.679. The van der Waals surface area contributed by atoms with Crippen LogP contribution in [0.15, 0.2) is 12.1 Å². The molecule has 13 heavy (non-hydrogen) atoms. The van der Waals surface area contributed by atoms with Crippen molar-refractivity contribution in [1.82, 2.24) is 0 Å². The van der Waals surface area contributed by atoms with Crippen molar-refractivity contribution < 1.29 is 9.47 Å². The monoisotopic (exact) mass is 194 g/mol. The number of hydrogen-bond acceptors (Lipinski definition) is 3. The molecule has 0 N–H and O–H groups in total. The average molecular weight is 194 g/mol. The summed E-state index contributed by atoms with van der Waals surface area (Å²) in [6.45, 7) is 1.36. The Labute approximate surface area is 81.2 Å². The zero-order chi connectivity index (χ0) is 8.67. The van der Waals surface area contributed by atoms with E-state index in [4.69, 9.17) is 9.47 Å². The van der Waals surface area contributed by atoms with Gasteiger partial charge in [0.1, 0.15) is 13.2 Å². The molecule has 0 aliphatic carbocycles. The fraction of sp³-hybridized carbons (Fsp3) is 0.400. The Bertz CT molecular complexity index is 316. The number of benzene rings is 1. The Morgan fingerprint density at radius 2 is 1.46 bits per heavy atom. The summed E-state index contributed by atoms with van der Waals surface area (Å²) in [6.07, 6.45) is 0. The Morgan fingerprint density at radius 1 is 0.923 bits per heavy atom. The molecule has 0 unspecified atom stereocenters. The first-order chi connectivity index (χ1) is 6.43. The molecule has 2 aliphatic heterocycles. The Kier molecular flexibility index (Phi) is 1.65. The first kappa shape index (κ1) is 7.56. The van der Waals surface area contributed by atoms with E-state index in [1.807, 2.05) is 11.8 Å². The minimum Gasteiger partial charge on any atom is -0.486 e. The first-order valence-electron chi connectivity index (χ1n) is 4.42. The number of ether oxygens (including phenoxy) is 2. The van der Waals surface area contributed by atoms with Crippen molar-refractivity contribution in [3.05, 3.63) is 23.3 Å². The van der Waals surface area contributed by atoms with E-state index in [-0.39, 0.29) is 0 Å². The van der Waals surface area contributed by atoms with Crippen LogP contribution in [0.4, 0.5) is 0 Å². The van der Waals surface area contributed by atoms with Crippen molar-refractivity contribution in [2.24, 2.45) is 0 Å². The lowest BCUT2D eigenvalue weighted by atomic mass is 10.1. The highest BCUT2D eigenvalue weighted by Gasteiger charge is 2.18. The average Bonchev–Trinajstić information content (AvgIpc) is 2.61. The zero-order valence-electron chi connectivity index (χ0n) is 7.21. The second kappa shape index (κ2) is 2.84. The van der Waals surface area contributed by atoms with E-state index in [2.05, 4.69) is 12.1 Å².